The fourth-order valence-electron chi connectivity index (χ4n) is 2.32. The van der Waals surface area contributed by atoms with Crippen LogP contribution in [0.1, 0.15) is 20.1 Å². The van der Waals surface area contributed by atoms with Crippen LogP contribution in [0.15, 0.2) is 54.6 Å². The minimum atomic E-state index is -0.100. The number of halogens is 1. The van der Waals surface area contributed by atoms with Crippen molar-refractivity contribution in [2.24, 2.45) is 0 Å². The molecule has 1 N–H and O–H groups in total. The van der Waals surface area contributed by atoms with Crippen LogP contribution in [0.25, 0.3) is 0 Å². The molecule has 0 saturated carbocycles. The summed E-state index contributed by atoms with van der Waals surface area (Å²) >= 11 is 7.70. The molecule has 0 aliphatic heterocycles. The summed E-state index contributed by atoms with van der Waals surface area (Å²) in [5.74, 6) is 1.15. The highest BCUT2D eigenvalue weighted by atomic mass is 35.5. The zero-order chi connectivity index (χ0) is 17.1. The maximum atomic E-state index is 12.3. The summed E-state index contributed by atoms with van der Waals surface area (Å²) in [5.41, 5.74) is 1.43. The van der Waals surface area contributed by atoms with Crippen molar-refractivity contribution in [1.29, 1.82) is 0 Å². The lowest BCUT2D eigenvalue weighted by Gasteiger charge is -2.09. The van der Waals surface area contributed by atoms with Crippen molar-refractivity contribution in [3.05, 3.63) is 74.9 Å². The average Bonchev–Trinajstić information content (AvgIpc) is 2.90. The molecule has 0 spiro atoms. The minimum Gasteiger partial charge on any atom is -0.456 e. The van der Waals surface area contributed by atoms with E-state index in [9.17, 15) is 4.79 Å². The second-order valence-corrected chi connectivity index (χ2v) is 7.21. The number of benzene rings is 2. The van der Waals surface area contributed by atoms with Gasteiger partial charge in [0, 0.05) is 15.4 Å². The van der Waals surface area contributed by atoms with Gasteiger partial charge in [0.05, 0.1) is 10.6 Å². The number of hydrogen-bond acceptors (Lipinski definition) is 3. The zero-order valence-electron chi connectivity index (χ0n) is 13.3. The number of carbonyl (C=O) groups is 1. The van der Waals surface area contributed by atoms with Crippen LogP contribution in [-0.4, -0.2) is 5.91 Å². The Balaban J connectivity index is 1.70. The first-order valence-electron chi connectivity index (χ1n) is 7.44. The lowest BCUT2D eigenvalue weighted by Crippen LogP contribution is -2.11. The molecule has 24 heavy (non-hydrogen) atoms. The second-order valence-electron chi connectivity index (χ2n) is 5.34. The van der Waals surface area contributed by atoms with Crippen molar-refractivity contribution in [1.82, 2.24) is 0 Å². The second kappa shape index (κ2) is 7.07. The molecule has 5 heteroatoms. The molecule has 2 aromatic carbocycles. The standard InChI is InChI=1S/C19H16ClNO2S/c1-12-11-16(13(2)24-12)19(22)21-14-7-9-15(10-8-14)23-18-6-4-3-5-17(18)20/h3-11H,1-2H3,(H,21,22). The van der Waals surface area contributed by atoms with Crippen LogP contribution in [0.5, 0.6) is 11.5 Å². The summed E-state index contributed by atoms with van der Waals surface area (Å²) in [6, 6.07) is 16.4. The Kier molecular flexibility index (Phi) is 4.88. The molecule has 0 unspecified atom stereocenters. The number of thiophene rings is 1. The largest absolute Gasteiger partial charge is 0.456 e. The number of para-hydroxylation sites is 1. The Morgan fingerprint density at radius 3 is 2.42 bits per heavy atom. The van der Waals surface area contributed by atoms with E-state index < -0.39 is 0 Å². The molecule has 0 bridgehead atoms. The first-order chi connectivity index (χ1) is 11.5. The lowest BCUT2D eigenvalue weighted by molar-refractivity contribution is 0.102. The van der Waals surface area contributed by atoms with E-state index in [0.717, 1.165) is 15.4 Å². The van der Waals surface area contributed by atoms with Gasteiger partial charge in [0.2, 0.25) is 0 Å². The van der Waals surface area contributed by atoms with Crippen molar-refractivity contribution >= 4 is 34.5 Å². The average molecular weight is 358 g/mol. The predicted molar refractivity (Wildman–Crippen MR) is 99.7 cm³/mol. The topological polar surface area (TPSA) is 38.3 Å². The fourth-order valence-corrected chi connectivity index (χ4v) is 3.41. The van der Waals surface area contributed by atoms with E-state index in [1.165, 1.54) is 0 Å². The number of rotatable bonds is 4. The van der Waals surface area contributed by atoms with Crippen molar-refractivity contribution in [3.63, 3.8) is 0 Å². The summed E-state index contributed by atoms with van der Waals surface area (Å²) in [5, 5.41) is 3.45. The molecular formula is C19H16ClNO2S. The van der Waals surface area contributed by atoms with Gasteiger partial charge in [-0.25, -0.2) is 0 Å². The summed E-state index contributed by atoms with van der Waals surface area (Å²) in [6.07, 6.45) is 0. The van der Waals surface area contributed by atoms with Crippen LogP contribution >= 0.6 is 22.9 Å². The number of amides is 1. The van der Waals surface area contributed by atoms with Gasteiger partial charge < -0.3 is 10.1 Å². The quantitative estimate of drug-likeness (QED) is 0.616. The van der Waals surface area contributed by atoms with Gasteiger partial charge >= 0.3 is 0 Å². The maximum absolute atomic E-state index is 12.3. The molecule has 122 valence electrons. The van der Waals surface area contributed by atoms with Crippen molar-refractivity contribution in [3.8, 4) is 11.5 Å². The summed E-state index contributed by atoms with van der Waals surface area (Å²) in [4.78, 5) is 14.5. The zero-order valence-corrected chi connectivity index (χ0v) is 14.9. The first kappa shape index (κ1) is 16.6. The number of hydrogen-bond donors (Lipinski definition) is 1. The number of nitrogens with one attached hydrogen (secondary N) is 1. The smallest absolute Gasteiger partial charge is 0.256 e. The Hall–Kier alpha value is -2.30. The SMILES string of the molecule is Cc1cc(C(=O)Nc2ccc(Oc3ccccc3Cl)cc2)c(C)s1. The van der Waals surface area contributed by atoms with Gasteiger partial charge in [-0.3, -0.25) is 4.79 Å². The Bertz CT molecular complexity index is 871. The van der Waals surface area contributed by atoms with Gasteiger partial charge in [-0.2, -0.15) is 0 Å². The molecule has 1 heterocycles. The van der Waals surface area contributed by atoms with E-state index in [1.54, 1.807) is 47.7 Å². The molecule has 1 amide bonds. The Morgan fingerprint density at radius 1 is 1.08 bits per heavy atom. The summed E-state index contributed by atoms with van der Waals surface area (Å²) in [6.45, 7) is 3.95. The van der Waals surface area contributed by atoms with E-state index >= 15 is 0 Å². The monoisotopic (exact) mass is 357 g/mol. The third-order valence-electron chi connectivity index (χ3n) is 3.46. The van der Waals surface area contributed by atoms with Gasteiger partial charge in [-0.1, -0.05) is 23.7 Å². The van der Waals surface area contributed by atoms with E-state index in [1.807, 2.05) is 32.0 Å². The summed E-state index contributed by atoms with van der Waals surface area (Å²) in [7, 11) is 0. The van der Waals surface area contributed by atoms with Crippen molar-refractivity contribution in [2.75, 3.05) is 5.32 Å². The number of carbonyl (C=O) groups excluding carboxylic acids is 1. The maximum Gasteiger partial charge on any atom is 0.256 e. The van der Waals surface area contributed by atoms with Crippen LogP contribution in [-0.2, 0) is 0 Å². The molecule has 0 aliphatic carbocycles. The summed E-state index contributed by atoms with van der Waals surface area (Å²) < 4.78 is 5.73. The predicted octanol–water partition coefficient (Wildman–Crippen LogP) is 6.06. The highest BCUT2D eigenvalue weighted by Gasteiger charge is 2.12. The highest BCUT2D eigenvalue weighted by molar-refractivity contribution is 7.12. The van der Waals surface area contributed by atoms with Crippen LogP contribution in [0.3, 0.4) is 0 Å². The Morgan fingerprint density at radius 2 is 1.79 bits per heavy atom. The third-order valence-corrected chi connectivity index (χ3v) is 4.74. The van der Waals surface area contributed by atoms with Crippen LogP contribution in [0.4, 0.5) is 5.69 Å². The third kappa shape index (κ3) is 3.78. The minimum absolute atomic E-state index is 0.100. The molecule has 3 rings (SSSR count). The molecule has 0 fully saturated rings. The molecule has 0 saturated heterocycles. The van der Waals surface area contributed by atoms with Crippen LogP contribution < -0.4 is 10.1 Å². The van der Waals surface area contributed by atoms with Crippen molar-refractivity contribution < 1.29 is 9.53 Å². The molecule has 1 aromatic heterocycles. The van der Waals surface area contributed by atoms with Crippen LogP contribution in [0, 0.1) is 13.8 Å². The molecule has 0 radical (unpaired) electrons. The fraction of sp³-hybridized carbons (Fsp3) is 0.105. The highest BCUT2D eigenvalue weighted by Crippen LogP contribution is 2.29. The van der Waals surface area contributed by atoms with Gasteiger partial charge in [-0.15, -0.1) is 11.3 Å². The van der Waals surface area contributed by atoms with Crippen molar-refractivity contribution in [2.45, 2.75) is 13.8 Å². The van der Waals surface area contributed by atoms with E-state index in [-0.39, 0.29) is 5.91 Å². The number of ether oxygens (including phenoxy) is 1. The molecule has 3 nitrogen and oxygen atoms in total. The molecule has 0 aliphatic rings. The molecular weight excluding hydrogens is 342 g/mol. The van der Waals surface area contributed by atoms with Crippen LogP contribution in [0.2, 0.25) is 5.02 Å². The number of aryl methyl sites for hydroxylation is 2. The normalized spacial score (nSPS) is 10.5. The van der Waals surface area contributed by atoms with Gasteiger partial charge in [-0.05, 0) is 56.3 Å². The molecule has 0 atom stereocenters. The van der Waals surface area contributed by atoms with Gasteiger partial charge in [0.1, 0.15) is 11.5 Å². The van der Waals surface area contributed by atoms with E-state index in [2.05, 4.69) is 5.32 Å². The lowest BCUT2D eigenvalue weighted by atomic mass is 10.2. The van der Waals surface area contributed by atoms with E-state index in [4.69, 9.17) is 16.3 Å². The first-order valence-corrected chi connectivity index (χ1v) is 8.63. The van der Waals surface area contributed by atoms with E-state index in [0.29, 0.717) is 22.1 Å². The van der Waals surface area contributed by atoms with Gasteiger partial charge in [0.15, 0.2) is 0 Å². The van der Waals surface area contributed by atoms with Gasteiger partial charge in [0.25, 0.3) is 5.91 Å². The molecule has 3 aromatic rings. The number of anilines is 1. The Labute approximate surface area is 149 Å².